The predicted octanol–water partition coefficient (Wildman–Crippen LogP) is 1.02. The molecule has 1 amide bonds. The number of carboxylic acid groups (broad SMARTS) is 1. The van der Waals surface area contributed by atoms with Gasteiger partial charge in [-0.3, -0.25) is 14.5 Å². The molecule has 0 heterocycles. The fourth-order valence-corrected chi connectivity index (χ4v) is 1.47. The van der Waals surface area contributed by atoms with Crippen molar-refractivity contribution >= 4 is 24.3 Å². The van der Waals surface area contributed by atoms with Gasteiger partial charge in [0.25, 0.3) is 0 Å². The SMILES string of the molecule is CN(CC(=O)NCC(=O)O)Cc1ccc(F)cc1F.Cl. The first-order valence-corrected chi connectivity index (χ1v) is 5.49. The molecule has 0 aliphatic carbocycles. The Morgan fingerprint density at radius 3 is 2.55 bits per heavy atom. The van der Waals surface area contributed by atoms with Crippen LogP contribution in [0.4, 0.5) is 8.78 Å². The molecule has 0 saturated carbocycles. The van der Waals surface area contributed by atoms with E-state index in [2.05, 4.69) is 5.32 Å². The maximum atomic E-state index is 13.4. The van der Waals surface area contributed by atoms with Gasteiger partial charge in [0.1, 0.15) is 18.2 Å². The number of halogens is 3. The summed E-state index contributed by atoms with van der Waals surface area (Å²) in [7, 11) is 1.57. The van der Waals surface area contributed by atoms with Gasteiger partial charge in [0.2, 0.25) is 5.91 Å². The number of carbonyl (C=O) groups is 2. The topological polar surface area (TPSA) is 69.6 Å². The molecule has 0 aliphatic heterocycles. The van der Waals surface area contributed by atoms with Crippen molar-refractivity contribution in [2.45, 2.75) is 6.54 Å². The van der Waals surface area contributed by atoms with E-state index in [-0.39, 0.29) is 31.1 Å². The lowest BCUT2D eigenvalue weighted by Crippen LogP contribution is -2.37. The normalized spacial score (nSPS) is 10.0. The van der Waals surface area contributed by atoms with Crippen molar-refractivity contribution in [1.82, 2.24) is 10.2 Å². The minimum atomic E-state index is -1.14. The first kappa shape index (κ1) is 18.3. The van der Waals surface area contributed by atoms with Crippen LogP contribution in [0.1, 0.15) is 5.56 Å². The molecule has 0 atom stereocenters. The van der Waals surface area contributed by atoms with Crippen LogP contribution in [0, 0.1) is 11.6 Å². The van der Waals surface area contributed by atoms with E-state index in [0.29, 0.717) is 0 Å². The number of aliphatic carboxylic acids is 1. The second kappa shape index (κ2) is 8.44. The molecule has 0 bridgehead atoms. The van der Waals surface area contributed by atoms with E-state index in [0.717, 1.165) is 12.1 Å². The van der Waals surface area contributed by atoms with Gasteiger partial charge in [-0.2, -0.15) is 0 Å². The summed E-state index contributed by atoms with van der Waals surface area (Å²) < 4.78 is 26.1. The van der Waals surface area contributed by atoms with Gasteiger partial charge >= 0.3 is 5.97 Å². The summed E-state index contributed by atoms with van der Waals surface area (Å²) in [5, 5.41) is 10.6. The number of carbonyl (C=O) groups excluding carboxylic acids is 1. The molecule has 8 heteroatoms. The van der Waals surface area contributed by atoms with E-state index in [1.54, 1.807) is 7.05 Å². The molecular weight excluding hydrogens is 294 g/mol. The van der Waals surface area contributed by atoms with Crippen LogP contribution in [0.3, 0.4) is 0 Å². The van der Waals surface area contributed by atoms with Crippen LogP contribution < -0.4 is 5.32 Å². The van der Waals surface area contributed by atoms with E-state index in [9.17, 15) is 18.4 Å². The predicted molar refractivity (Wildman–Crippen MR) is 70.6 cm³/mol. The largest absolute Gasteiger partial charge is 0.480 e. The summed E-state index contributed by atoms with van der Waals surface area (Å²) in [6, 6.07) is 3.21. The van der Waals surface area contributed by atoms with E-state index < -0.39 is 30.1 Å². The van der Waals surface area contributed by atoms with E-state index in [1.807, 2.05) is 0 Å². The van der Waals surface area contributed by atoms with Crippen LogP contribution in [0.5, 0.6) is 0 Å². The standard InChI is InChI=1S/C12H14F2N2O3.ClH/c1-16(7-11(17)15-5-12(18)19)6-8-2-3-9(13)4-10(8)14;/h2-4H,5-7H2,1H3,(H,15,17)(H,18,19);1H. The summed E-state index contributed by atoms with van der Waals surface area (Å²) >= 11 is 0. The molecule has 1 aromatic carbocycles. The molecule has 0 spiro atoms. The van der Waals surface area contributed by atoms with Gasteiger partial charge in [-0.15, -0.1) is 12.4 Å². The zero-order chi connectivity index (χ0) is 14.4. The molecule has 2 N–H and O–H groups in total. The molecule has 1 aromatic rings. The maximum absolute atomic E-state index is 13.4. The molecule has 0 aliphatic rings. The number of hydrogen-bond acceptors (Lipinski definition) is 3. The van der Waals surface area contributed by atoms with Gasteiger partial charge < -0.3 is 10.4 Å². The highest BCUT2D eigenvalue weighted by molar-refractivity contribution is 5.85. The number of rotatable bonds is 6. The molecule has 112 valence electrons. The zero-order valence-corrected chi connectivity index (χ0v) is 11.5. The quantitative estimate of drug-likeness (QED) is 0.823. The Balaban J connectivity index is 0.00000361. The van der Waals surface area contributed by atoms with Crippen LogP contribution >= 0.6 is 12.4 Å². The van der Waals surface area contributed by atoms with Crippen LogP contribution in [0.2, 0.25) is 0 Å². The second-order valence-corrected chi connectivity index (χ2v) is 4.08. The maximum Gasteiger partial charge on any atom is 0.322 e. The summed E-state index contributed by atoms with van der Waals surface area (Å²) in [6.45, 7) is -0.422. The lowest BCUT2D eigenvalue weighted by Gasteiger charge is -2.16. The third kappa shape index (κ3) is 6.44. The van der Waals surface area contributed by atoms with Crippen molar-refractivity contribution in [2.24, 2.45) is 0 Å². The van der Waals surface area contributed by atoms with Gasteiger partial charge in [0.05, 0.1) is 6.54 Å². The Morgan fingerprint density at radius 2 is 2.00 bits per heavy atom. The molecule has 20 heavy (non-hydrogen) atoms. The smallest absolute Gasteiger partial charge is 0.322 e. The third-order valence-electron chi connectivity index (χ3n) is 2.31. The Labute approximate surface area is 121 Å². The number of hydrogen-bond donors (Lipinski definition) is 2. The average Bonchev–Trinajstić information content (AvgIpc) is 2.30. The zero-order valence-electron chi connectivity index (χ0n) is 10.7. The van der Waals surface area contributed by atoms with Crippen molar-refractivity contribution in [3.05, 3.63) is 35.4 Å². The summed E-state index contributed by atoms with van der Waals surface area (Å²) in [5.41, 5.74) is 0.259. The minimum Gasteiger partial charge on any atom is -0.480 e. The van der Waals surface area contributed by atoms with E-state index >= 15 is 0 Å². The van der Waals surface area contributed by atoms with Crippen molar-refractivity contribution in [3.63, 3.8) is 0 Å². The molecule has 0 radical (unpaired) electrons. The van der Waals surface area contributed by atoms with Crippen LogP contribution in [0.25, 0.3) is 0 Å². The molecule has 0 aromatic heterocycles. The van der Waals surface area contributed by atoms with Gasteiger partial charge in [-0.1, -0.05) is 6.07 Å². The number of likely N-dealkylation sites (N-methyl/N-ethyl adjacent to an activating group) is 1. The highest BCUT2D eigenvalue weighted by atomic mass is 35.5. The Kier molecular flexibility index (Phi) is 7.71. The van der Waals surface area contributed by atoms with Gasteiger partial charge in [-0.25, -0.2) is 8.78 Å². The van der Waals surface area contributed by atoms with Crippen LogP contribution in [0.15, 0.2) is 18.2 Å². The van der Waals surface area contributed by atoms with Crippen molar-refractivity contribution in [2.75, 3.05) is 20.1 Å². The van der Waals surface area contributed by atoms with Gasteiger partial charge in [-0.05, 0) is 13.1 Å². The van der Waals surface area contributed by atoms with E-state index in [4.69, 9.17) is 5.11 Å². The third-order valence-corrected chi connectivity index (χ3v) is 2.31. The number of amides is 1. The fraction of sp³-hybridized carbons (Fsp3) is 0.333. The Hall–Kier alpha value is -1.73. The number of carboxylic acids is 1. The van der Waals surface area contributed by atoms with Crippen molar-refractivity contribution in [3.8, 4) is 0 Å². The molecule has 0 fully saturated rings. The summed E-state index contributed by atoms with van der Waals surface area (Å²) in [4.78, 5) is 23.1. The van der Waals surface area contributed by atoms with Crippen molar-refractivity contribution < 1.29 is 23.5 Å². The first-order chi connectivity index (χ1) is 8.88. The summed E-state index contributed by atoms with van der Waals surface area (Å²) in [6.07, 6.45) is 0. The Morgan fingerprint density at radius 1 is 1.35 bits per heavy atom. The first-order valence-electron chi connectivity index (χ1n) is 5.49. The molecule has 5 nitrogen and oxygen atoms in total. The minimum absolute atomic E-state index is 0. The highest BCUT2D eigenvalue weighted by Crippen LogP contribution is 2.11. The average molecular weight is 309 g/mol. The van der Waals surface area contributed by atoms with Gasteiger partial charge in [0, 0.05) is 18.2 Å². The molecule has 1 rings (SSSR count). The summed E-state index contributed by atoms with van der Waals surface area (Å²) in [5.74, 6) is -2.96. The second-order valence-electron chi connectivity index (χ2n) is 4.08. The lowest BCUT2D eigenvalue weighted by molar-refractivity contribution is -0.138. The van der Waals surface area contributed by atoms with Gasteiger partial charge in [0.15, 0.2) is 0 Å². The number of benzene rings is 1. The van der Waals surface area contributed by atoms with E-state index in [1.165, 1.54) is 11.0 Å². The number of nitrogens with one attached hydrogen (secondary N) is 1. The number of nitrogens with zero attached hydrogens (tertiary/aromatic N) is 1. The van der Waals surface area contributed by atoms with Crippen LogP contribution in [-0.2, 0) is 16.1 Å². The molecule has 0 unspecified atom stereocenters. The lowest BCUT2D eigenvalue weighted by atomic mass is 10.2. The van der Waals surface area contributed by atoms with Crippen molar-refractivity contribution in [1.29, 1.82) is 0 Å². The molecular formula is C12H15ClF2N2O3. The van der Waals surface area contributed by atoms with Crippen LogP contribution in [-0.4, -0.2) is 42.0 Å². The fourth-order valence-electron chi connectivity index (χ4n) is 1.47. The molecule has 0 saturated heterocycles. The monoisotopic (exact) mass is 308 g/mol. The Bertz CT molecular complexity index is 486. The highest BCUT2D eigenvalue weighted by Gasteiger charge is 2.11.